The summed E-state index contributed by atoms with van der Waals surface area (Å²) in [7, 11) is 0. The number of para-hydroxylation sites is 2. The second-order valence-electron chi connectivity index (χ2n) is 25.8. The Morgan fingerprint density at radius 2 is 0.797 bits per heavy atom. The number of hydrogen-bond acceptors (Lipinski definition) is 5. The van der Waals surface area contributed by atoms with Crippen molar-refractivity contribution in [2.75, 3.05) is 19.6 Å². The lowest BCUT2D eigenvalue weighted by Crippen LogP contribution is -2.61. The number of aromatic nitrogens is 1. The molecule has 0 radical (unpaired) electrons. The van der Waals surface area contributed by atoms with Gasteiger partial charge in [-0.3, -0.25) is 9.80 Å². The molecule has 0 bridgehead atoms. The average Bonchev–Trinajstić information content (AvgIpc) is 3.31. The molecule has 6 heteroatoms. The largest absolute Gasteiger partial charge is 0.311 e. The smallest absolute Gasteiger partial charge is 0.254 e. The van der Waals surface area contributed by atoms with E-state index in [0.29, 0.717) is 0 Å². The lowest BCUT2D eigenvalue weighted by Gasteiger charge is -2.45. The van der Waals surface area contributed by atoms with Crippen molar-refractivity contribution in [1.29, 1.82) is 0 Å². The first-order valence-corrected chi connectivity index (χ1v) is 28.2. The van der Waals surface area contributed by atoms with Crippen LogP contribution >= 0.6 is 0 Å². The molecule has 9 aromatic carbocycles. The minimum absolute atomic E-state index is 0.00911. The van der Waals surface area contributed by atoms with Crippen LogP contribution in [-0.4, -0.2) is 11.7 Å². The Hall–Kier alpha value is -8.35. The maximum absolute atomic E-state index is 5.97. The number of hydrogen-bond donors (Lipinski definition) is 0. The molecule has 79 heavy (non-hydrogen) atoms. The molecule has 0 atom stereocenters. The van der Waals surface area contributed by atoms with E-state index < -0.39 is 0 Å². The van der Waals surface area contributed by atoms with E-state index in [0.717, 1.165) is 68.3 Å². The minimum Gasteiger partial charge on any atom is -0.311 e. The van der Waals surface area contributed by atoms with Gasteiger partial charge in [-0.25, -0.2) is 4.98 Å². The molecule has 1 aromatic heterocycles. The summed E-state index contributed by atoms with van der Waals surface area (Å²) in [5.74, 6) is 1.77. The minimum atomic E-state index is -0.191. The second-order valence-corrected chi connectivity index (χ2v) is 25.8. The molecule has 12 rings (SSSR count). The predicted octanol–water partition coefficient (Wildman–Crippen LogP) is 18.4. The Morgan fingerprint density at radius 3 is 1.33 bits per heavy atom. The van der Waals surface area contributed by atoms with Crippen LogP contribution in [0.3, 0.4) is 0 Å². The molecule has 2 aliphatic heterocycles. The molecule has 0 unspecified atom stereocenters. The Bertz CT molecular complexity index is 3810. The molecule has 0 aliphatic carbocycles. The zero-order valence-electron chi connectivity index (χ0n) is 48.1. The Kier molecular flexibility index (Phi) is 12.5. The summed E-state index contributed by atoms with van der Waals surface area (Å²) in [6.07, 6.45) is 0. The monoisotopic (exact) mass is 1030 g/mol. The second kappa shape index (κ2) is 19.2. The van der Waals surface area contributed by atoms with E-state index >= 15 is 0 Å². The van der Waals surface area contributed by atoms with E-state index in [2.05, 4.69) is 321 Å². The van der Waals surface area contributed by atoms with Gasteiger partial charge in [0.1, 0.15) is 11.6 Å². The summed E-state index contributed by atoms with van der Waals surface area (Å²) in [4.78, 5) is 15.7. The number of anilines is 12. The van der Waals surface area contributed by atoms with Crippen molar-refractivity contribution < 1.29 is 0 Å². The van der Waals surface area contributed by atoms with Gasteiger partial charge in [0.15, 0.2) is 0 Å². The lowest BCUT2D eigenvalue weighted by atomic mass is 9.33. The summed E-state index contributed by atoms with van der Waals surface area (Å²) in [5, 5.41) is 2.40. The van der Waals surface area contributed by atoms with E-state index in [1.807, 2.05) is 0 Å². The van der Waals surface area contributed by atoms with Crippen molar-refractivity contribution in [3.8, 4) is 0 Å². The Morgan fingerprint density at radius 1 is 0.354 bits per heavy atom. The molecule has 0 amide bonds. The first kappa shape index (κ1) is 51.4. The molecule has 10 aromatic rings. The molecule has 0 saturated heterocycles. The van der Waals surface area contributed by atoms with Gasteiger partial charge >= 0.3 is 0 Å². The van der Waals surface area contributed by atoms with E-state index in [-0.39, 0.29) is 28.4 Å². The van der Waals surface area contributed by atoms with Crippen LogP contribution in [0, 0.1) is 0 Å². The molecule has 0 saturated carbocycles. The van der Waals surface area contributed by atoms with Crippen molar-refractivity contribution in [3.63, 3.8) is 0 Å². The van der Waals surface area contributed by atoms with Crippen molar-refractivity contribution in [2.45, 2.75) is 105 Å². The third-order valence-corrected chi connectivity index (χ3v) is 16.3. The summed E-state index contributed by atoms with van der Waals surface area (Å²) in [6, 6.07) is 81.4. The number of pyridine rings is 1. The normalized spacial score (nSPS) is 13.2. The number of benzene rings is 9. The highest BCUT2D eigenvalue weighted by Crippen LogP contribution is 2.49. The fourth-order valence-electron chi connectivity index (χ4n) is 11.8. The quantitative estimate of drug-likeness (QED) is 0.141. The molecule has 392 valence electrons. The highest BCUT2D eigenvalue weighted by Gasteiger charge is 2.45. The highest BCUT2D eigenvalue weighted by atomic mass is 15.3. The number of rotatable bonds is 8. The maximum Gasteiger partial charge on any atom is 0.254 e. The highest BCUT2D eigenvalue weighted by molar-refractivity contribution is 7.00. The standard InChI is InChI=1S/C73H72BN5/c1-70(2,3)50-30-36-56(37-31-50)76(63-29-21-23-49-22-19-20-28-60(49)63)59-42-43-61-64(48-59)78(54-24-15-13-16-25-54)65-46-53(73(10,11)12)47-66-68(65)74(61)62-44-45-67(75-69(62)79(66)55-26-17-14-18-27-55)77(57-38-32-51(33-39-57)71(4,5)6)58-40-34-52(35-41-58)72(7,8)9/h13-48H,1-12H3. The average molecular weight is 1030 g/mol. The third kappa shape index (κ3) is 9.35. The fourth-order valence-corrected chi connectivity index (χ4v) is 11.8. The number of nitrogens with zero attached hydrogens (tertiary/aromatic N) is 5. The van der Waals surface area contributed by atoms with E-state index in [1.54, 1.807) is 0 Å². The summed E-state index contributed by atoms with van der Waals surface area (Å²) < 4.78 is 0. The van der Waals surface area contributed by atoms with Gasteiger partial charge in [-0.05, 0) is 163 Å². The van der Waals surface area contributed by atoms with Crippen LogP contribution in [0.25, 0.3) is 10.8 Å². The SMILES string of the molecule is CC(C)(C)c1ccc(N(c2ccc(C(C)(C)C)cc2)c2ccc3c(n2)N(c2ccccc2)c2cc(C(C)(C)C)cc4c2B3c2ccc(N(c3ccc(C(C)(C)C)cc3)c3cccc5ccccc35)cc2N4c2ccccc2)cc1. The summed E-state index contributed by atoms with van der Waals surface area (Å²) in [6.45, 7) is 27.4. The zero-order chi connectivity index (χ0) is 55.2. The van der Waals surface area contributed by atoms with Crippen LogP contribution < -0.4 is 36.0 Å². The van der Waals surface area contributed by atoms with Gasteiger partial charge in [0, 0.05) is 56.6 Å². The van der Waals surface area contributed by atoms with Crippen molar-refractivity contribution in [1.82, 2.24) is 4.98 Å². The molecule has 0 spiro atoms. The fraction of sp³-hybridized carbons (Fsp3) is 0.219. The lowest BCUT2D eigenvalue weighted by molar-refractivity contribution is 0.590. The zero-order valence-corrected chi connectivity index (χ0v) is 48.1. The van der Waals surface area contributed by atoms with Gasteiger partial charge in [0.05, 0.1) is 5.69 Å². The molecule has 5 nitrogen and oxygen atoms in total. The van der Waals surface area contributed by atoms with Gasteiger partial charge in [0.25, 0.3) is 6.71 Å². The van der Waals surface area contributed by atoms with Gasteiger partial charge in [-0.15, -0.1) is 0 Å². The van der Waals surface area contributed by atoms with Gasteiger partial charge in [-0.2, -0.15) is 0 Å². The van der Waals surface area contributed by atoms with Crippen molar-refractivity contribution in [3.05, 3.63) is 241 Å². The van der Waals surface area contributed by atoms with Crippen LogP contribution in [0.15, 0.2) is 218 Å². The molecular weight excluding hydrogens is 958 g/mol. The van der Waals surface area contributed by atoms with Crippen LogP contribution in [0.2, 0.25) is 0 Å². The molecule has 0 fully saturated rings. The van der Waals surface area contributed by atoms with Crippen molar-refractivity contribution >= 4 is 102 Å². The van der Waals surface area contributed by atoms with E-state index in [1.165, 1.54) is 49.6 Å². The van der Waals surface area contributed by atoms with Gasteiger partial charge in [-0.1, -0.05) is 204 Å². The van der Waals surface area contributed by atoms with Crippen LogP contribution in [-0.2, 0) is 21.7 Å². The van der Waals surface area contributed by atoms with Gasteiger partial charge < -0.3 is 9.80 Å². The van der Waals surface area contributed by atoms with Crippen LogP contribution in [0.1, 0.15) is 105 Å². The van der Waals surface area contributed by atoms with Gasteiger partial charge in [0.2, 0.25) is 0 Å². The topological polar surface area (TPSA) is 25.9 Å². The van der Waals surface area contributed by atoms with Crippen LogP contribution in [0.5, 0.6) is 0 Å². The number of fused-ring (bicyclic) bond motifs is 5. The Balaban J connectivity index is 1.13. The molecule has 3 heterocycles. The summed E-state index contributed by atoms with van der Waals surface area (Å²) in [5.41, 5.74) is 19.6. The molecular formula is C73H72BN5. The first-order valence-electron chi connectivity index (χ1n) is 28.2. The van der Waals surface area contributed by atoms with E-state index in [4.69, 9.17) is 4.98 Å². The van der Waals surface area contributed by atoms with E-state index in [9.17, 15) is 0 Å². The first-order chi connectivity index (χ1) is 37.7. The molecule has 2 aliphatic rings. The Labute approximate surface area is 469 Å². The third-order valence-electron chi connectivity index (χ3n) is 16.3. The predicted molar refractivity (Wildman–Crippen MR) is 340 cm³/mol. The molecule has 0 N–H and O–H groups in total. The maximum atomic E-state index is 5.97. The van der Waals surface area contributed by atoms with Crippen LogP contribution in [0.4, 0.5) is 68.5 Å². The summed E-state index contributed by atoms with van der Waals surface area (Å²) >= 11 is 0. The van der Waals surface area contributed by atoms with Crippen molar-refractivity contribution in [2.24, 2.45) is 0 Å².